The molecule has 1 rings (SSSR count). The molecular formula is C16H25N3O2S. The number of nitrogens with zero attached hydrogens (tertiary/aromatic N) is 1. The molecule has 0 radical (unpaired) electrons. The quantitative estimate of drug-likeness (QED) is 0.842. The zero-order chi connectivity index (χ0) is 16.8. The van der Waals surface area contributed by atoms with Crippen LogP contribution in [0.25, 0.3) is 0 Å². The van der Waals surface area contributed by atoms with Crippen LogP contribution >= 0.6 is 11.3 Å². The number of thiophene rings is 1. The molecule has 1 aromatic heterocycles. The largest absolute Gasteiger partial charge is 0.444 e. The highest BCUT2D eigenvalue weighted by Gasteiger charge is 2.21. The van der Waals surface area contributed by atoms with Gasteiger partial charge in [-0.25, -0.2) is 4.79 Å². The summed E-state index contributed by atoms with van der Waals surface area (Å²) in [5.74, 6) is 0.290. The molecule has 0 spiro atoms. The minimum absolute atomic E-state index is 0.00903. The van der Waals surface area contributed by atoms with Gasteiger partial charge in [-0.1, -0.05) is 13.8 Å². The highest BCUT2D eigenvalue weighted by Crippen LogP contribution is 2.15. The number of nitriles is 1. The lowest BCUT2D eigenvalue weighted by molar-refractivity contribution is 0.0490. The first-order valence-electron chi connectivity index (χ1n) is 7.40. The van der Waals surface area contributed by atoms with Gasteiger partial charge in [-0.15, -0.1) is 11.3 Å². The number of alkyl carbamates (subject to hydrolysis) is 1. The normalized spacial score (nSPS) is 12.8. The average Bonchev–Trinajstić information content (AvgIpc) is 2.83. The fraction of sp³-hybridized carbons (Fsp3) is 0.625. The van der Waals surface area contributed by atoms with Crippen molar-refractivity contribution in [2.45, 2.75) is 52.8 Å². The number of nitrogens with one attached hydrogen (secondary N) is 2. The summed E-state index contributed by atoms with van der Waals surface area (Å²) in [6.07, 6.45) is -0.393. The van der Waals surface area contributed by atoms with E-state index in [2.05, 4.69) is 30.6 Å². The predicted molar refractivity (Wildman–Crippen MR) is 88.7 cm³/mol. The van der Waals surface area contributed by atoms with Gasteiger partial charge in [0.1, 0.15) is 16.5 Å². The minimum Gasteiger partial charge on any atom is -0.444 e. The fourth-order valence-electron chi connectivity index (χ4n) is 1.80. The summed E-state index contributed by atoms with van der Waals surface area (Å²) in [6.45, 7) is 11.0. The Balaban J connectivity index is 2.44. The number of ether oxygens (including phenoxy) is 1. The zero-order valence-electron chi connectivity index (χ0n) is 13.9. The van der Waals surface area contributed by atoms with E-state index < -0.39 is 11.7 Å². The van der Waals surface area contributed by atoms with Crippen LogP contribution in [0.5, 0.6) is 0 Å². The van der Waals surface area contributed by atoms with Crippen molar-refractivity contribution in [3.63, 3.8) is 0 Å². The van der Waals surface area contributed by atoms with E-state index in [9.17, 15) is 4.79 Å². The maximum atomic E-state index is 11.9. The van der Waals surface area contributed by atoms with Crippen molar-refractivity contribution in [2.75, 3.05) is 6.54 Å². The summed E-state index contributed by atoms with van der Waals surface area (Å²) in [4.78, 5) is 13.7. The van der Waals surface area contributed by atoms with Crippen LogP contribution < -0.4 is 10.6 Å². The van der Waals surface area contributed by atoms with Gasteiger partial charge in [0.15, 0.2) is 0 Å². The summed E-state index contributed by atoms with van der Waals surface area (Å²) in [5, 5.41) is 15.0. The Kier molecular flexibility index (Phi) is 6.85. The fourth-order valence-corrected chi connectivity index (χ4v) is 2.57. The molecule has 0 aromatic carbocycles. The first-order chi connectivity index (χ1) is 10.2. The zero-order valence-corrected chi connectivity index (χ0v) is 14.7. The first kappa shape index (κ1) is 18.5. The van der Waals surface area contributed by atoms with Gasteiger partial charge in [0.25, 0.3) is 0 Å². The Hall–Kier alpha value is -1.58. The standard InChI is InChI=1S/C16H25N3O2S/c1-11(2)14(19-15(20)21-16(3,4)5)10-18-9-13-7-6-12(8-17)22-13/h6-7,11,14,18H,9-10H2,1-5H3,(H,19,20). The number of hydrogen-bond donors (Lipinski definition) is 2. The van der Waals surface area contributed by atoms with Gasteiger partial charge in [0, 0.05) is 24.0 Å². The lowest BCUT2D eigenvalue weighted by Crippen LogP contribution is -2.46. The van der Waals surface area contributed by atoms with Gasteiger partial charge in [0.2, 0.25) is 0 Å². The third-order valence-electron chi connectivity index (χ3n) is 2.94. The Morgan fingerprint density at radius 1 is 1.41 bits per heavy atom. The summed E-state index contributed by atoms with van der Waals surface area (Å²) >= 11 is 1.48. The van der Waals surface area contributed by atoms with Crippen molar-refractivity contribution in [1.82, 2.24) is 10.6 Å². The number of carbonyl (C=O) groups excluding carboxylic acids is 1. The van der Waals surface area contributed by atoms with Crippen LogP contribution in [0, 0.1) is 17.2 Å². The monoisotopic (exact) mass is 323 g/mol. The summed E-state index contributed by atoms with van der Waals surface area (Å²) < 4.78 is 5.29. The van der Waals surface area contributed by atoms with E-state index in [-0.39, 0.29) is 12.0 Å². The lowest BCUT2D eigenvalue weighted by Gasteiger charge is -2.26. The van der Waals surface area contributed by atoms with Gasteiger partial charge >= 0.3 is 6.09 Å². The van der Waals surface area contributed by atoms with Gasteiger partial charge in [-0.05, 0) is 38.8 Å². The van der Waals surface area contributed by atoms with Crippen molar-refractivity contribution >= 4 is 17.4 Å². The van der Waals surface area contributed by atoms with E-state index in [0.29, 0.717) is 18.0 Å². The van der Waals surface area contributed by atoms with E-state index in [1.54, 1.807) is 0 Å². The molecule has 1 amide bonds. The average molecular weight is 323 g/mol. The maximum Gasteiger partial charge on any atom is 0.407 e. The Labute approximate surface area is 136 Å². The van der Waals surface area contributed by atoms with Crippen molar-refractivity contribution in [3.05, 3.63) is 21.9 Å². The van der Waals surface area contributed by atoms with Crippen molar-refractivity contribution in [1.29, 1.82) is 5.26 Å². The number of amides is 1. The van der Waals surface area contributed by atoms with Crippen LogP contribution in [0.2, 0.25) is 0 Å². The highest BCUT2D eigenvalue weighted by molar-refractivity contribution is 7.12. The molecule has 1 atom stereocenters. The van der Waals surface area contributed by atoms with Gasteiger partial charge in [0.05, 0.1) is 0 Å². The third-order valence-corrected chi connectivity index (χ3v) is 3.93. The van der Waals surface area contributed by atoms with Crippen molar-refractivity contribution in [3.8, 4) is 6.07 Å². The topological polar surface area (TPSA) is 74.2 Å². The summed E-state index contributed by atoms with van der Waals surface area (Å²) in [5.41, 5.74) is -0.496. The molecule has 1 aromatic rings. The van der Waals surface area contributed by atoms with E-state index >= 15 is 0 Å². The molecule has 1 unspecified atom stereocenters. The van der Waals surface area contributed by atoms with Gasteiger partial charge < -0.3 is 15.4 Å². The highest BCUT2D eigenvalue weighted by atomic mass is 32.1. The SMILES string of the molecule is CC(C)C(CNCc1ccc(C#N)s1)NC(=O)OC(C)(C)C. The number of hydrogen-bond acceptors (Lipinski definition) is 5. The Morgan fingerprint density at radius 3 is 2.59 bits per heavy atom. The van der Waals surface area contributed by atoms with Crippen LogP contribution in [-0.4, -0.2) is 24.3 Å². The molecule has 0 saturated carbocycles. The molecular weight excluding hydrogens is 298 g/mol. The van der Waals surface area contributed by atoms with Crippen molar-refractivity contribution in [2.24, 2.45) is 5.92 Å². The van der Waals surface area contributed by atoms with E-state index in [0.717, 1.165) is 4.88 Å². The van der Waals surface area contributed by atoms with Crippen LogP contribution in [0.15, 0.2) is 12.1 Å². The van der Waals surface area contributed by atoms with E-state index in [1.165, 1.54) is 11.3 Å². The second-order valence-corrected chi connectivity index (χ2v) is 7.67. The molecule has 0 bridgehead atoms. The Morgan fingerprint density at radius 2 is 2.09 bits per heavy atom. The molecule has 22 heavy (non-hydrogen) atoms. The molecule has 6 heteroatoms. The molecule has 0 aliphatic rings. The summed E-state index contributed by atoms with van der Waals surface area (Å²) in [7, 11) is 0. The molecule has 1 heterocycles. The molecule has 0 aliphatic heterocycles. The molecule has 0 saturated heterocycles. The van der Waals surface area contributed by atoms with Crippen molar-refractivity contribution < 1.29 is 9.53 Å². The van der Waals surface area contributed by atoms with E-state index in [4.69, 9.17) is 10.00 Å². The van der Waals surface area contributed by atoms with E-state index in [1.807, 2.05) is 32.9 Å². The first-order valence-corrected chi connectivity index (χ1v) is 8.22. The molecule has 122 valence electrons. The maximum absolute atomic E-state index is 11.9. The van der Waals surface area contributed by atoms with Crippen LogP contribution in [0.3, 0.4) is 0 Å². The second kappa shape index (κ2) is 8.16. The third kappa shape index (κ3) is 6.92. The Bertz CT molecular complexity index is 526. The number of carbonyl (C=O) groups is 1. The summed E-state index contributed by atoms with van der Waals surface area (Å²) in [6, 6.07) is 5.89. The second-order valence-electron chi connectivity index (χ2n) is 6.51. The van der Waals surface area contributed by atoms with Gasteiger partial charge in [-0.3, -0.25) is 0 Å². The molecule has 2 N–H and O–H groups in total. The molecule has 0 fully saturated rings. The number of rotatable bonds is 6. The van der Waals surface area contributed by atoms with Crippen LogP contribution in [0.4, 0.5) is 4.79 Å². The predicted octanol–water partition coefficient (Wildman–Crippen LogP) is 3.26. The van der Waals surface area contributed by atoms with Gasteiger partial charge in [-0.2, -0.15) is 5.26 Å². The minimum atomic E-state index is -0.496. The molecule has 0 aliphatic carbocycles. The van der Waals surface area contributed by atoms with Crippen LogP contribution in [-0.2, 0) is 11.3 Å². The smallest absolute Gasteiger partial charge is 0.407 e. The van der Waals surface area contributed by atoms with Crippen LogP contribution in [0.1, 0.15) is 44.4 Å². The molecule has 5 nitrogen and oxygen atoms in total. The lowest BCUT2D eigenvalue weighted by atomic mass is 10.0.